The van der Waals surface area contributed by atoms with Gasteiger partial charge in [0.1, 0.15) is 0 Å². The van der Waals surface area contributed by atoms with Crippen molar-refractivity contribution in [2.75, 3.05) is 27.2 Å². The number of hydrogen-bond acceptors (Lipinski definition) is 4. The Hall–Kier alpha value is -0.910. The number of carbonyl (C=O) groups excluding carboxylic acids is 1. The number of thiophene rings is 1. The summed E-state index contributed by atoms with van der Waals surface area (Å²) in [5.41, 5.74) is 7.61. The summed E-state index contributed by atoms with van der Waals surface area (Å²) >= 11 is 1.73. The Morgan fingerprint density at radius 3 is 2.45 bits per heavy atom. The second kappa shape index (κ2) is 7.76. The lowest BCUT2D eigenvalue weighted by Crippen LogP contribution is -2.45. The highest BCUT2D eigenvalue weighted by Gasteiger charge is 2.28. The summed E-state index contributed by atoms with van der Waals surface area (Å²) in [6.07, 6.45) is 0.897. The SMILES string of the molecule is CCC(N)C(c1sccc1C)N(CC)CC(=O)N(C)C. The van der Waals surface area contributed by atoms with Crippen LogP contribution >= 0.6 is 11.3 Å². The van der Waals surface area contributed by atoms with E-state index in [0.29, 0.717) is 6.54 Å². The van der Waals surface area contributed by atoms with Crippen molar-refractivity contribution in [1.82, 2.24) is 9.80 Å². The van der Waals surface area contributed by atoms with E-state index < -0.39 is 0 Å². The summed E-state index contributed by atoms with van der Waals surface area (Å²) in [4.78, 5) is 17.1. The van der Waals surface area contributed by atoms with E-state index in [-0.39, 0.29) is 18.0 Å². The molecule has 1 rings (SSSR count). The average Bonchev–Trinajstić information content (AvgIpc) is 2.83. The largest absolute Gasteiger partial charge is 0.348 e. The molecule has 0 saturated carbocycles. The first kappa shape index (κ1) is 17.1. The van der Waals surface area contributed by atoms with Crippen molar-refractivity contribution < 1.29 is 4.79 Å². The van der Waals surface area contributed by atoms with Crippen molar-refractivity contribution in [3.8, 4) is 0 Å². The first-order chi connectivity index (χ1) is 9.42. The number of aryl methyl sites for hydroxylation is 1. The van der Waals surface area contributed by atoms with E-state index in [0.717, 1.165) is 13.0 Å². The van der Waals surface area contributed by atoms with Crippen LogP contribution in [0.1, 0.15) is 36.8 Å². The first-order valence-electron chi connectivity index (χ1n) is 7.16. The molecule has 4 nitrogen and oxygen atoms in total. The number of nitrogens with zero attached hydrogens (tertiary/aromatic N) is 2. The molecule has 0 bridgehead atoms. The van der Waals surface area contributed by atoms with Gasteiger partial charge in [0.05, 0.1) is 12.6 Å². The summed E-state index contributed by atoms with van der Waals surface area (Å²) in [6, 6.07) is 2.29. The van der Waals surface area contributed by atoms with Crippen LogP contribution in [0.4, 0.5) is 0 Å². The molecule has 5 heteroatoms. The third-order valence-electron chi connectivity index (χ3n) is 3.68. The van der Waals surface area contributed by atoms with Gasteiger partial charge in [0, 0.05) is 25.0 Å². The van der Waals surface area contributed by atoms with E-state index in [4.69, 9.17) is 5.73 Å². The van der Waals surface area contributed by atoms with Crippen LogP contribution in [0.5, 0.6) is 0 Å². The Morgan fingerprint density at radius 1 is 1.40 bits per heavy atom. The average molecular weight is 297 g/mol. The molecule has 114 valence electrons. The summed E-state index contributed by atoms with van der Waals surface area (Å²) in [5.74, 6) is 0.120. The summed E-state index contributed by atoms with van der Waals surface area (Å²) in [6.45, 7) is 7.53. The van der Waals surface area contributed by atoms with Gasteiger partial charge in [0.25, 0.3) is 0 Å². The number of amides is 1. The summed E-state index contributed by atoms with van der Waals surface area (Å²) in [5, 5.41) is 2.10. The Balaban J connectivity index is 3.02. The Labute approximate surface area is 126 Å². The van der Waals surface area contributed by atoms with Gasteiger partial charge in [-0.1, -0.05) is 13.8 Å². The normalized spacial score (nSPS) is 14.3. The lowest BCUT2D eigenvalue weighted by Gasteiger charge is -2.34. The molecule has 0 saturated heterocycles. The van der Waals surface area contributed by atoms with Crippen LogP contribution in [0.15, 0.2) is 11.4 Å². The zero-order valence-electron chi connectivity index (χ0n) is 13.2. The maximum Gasteiger partial charge on any atom is 0.236 e. The Bertz CT molecular complexity index is 431. The molecule has 1 aromatic heterocycles. The van der Waals surface area contributed by atoms with Gasteiger partial charge in [0.2, 0.25) is 5.91 Å². The fraction of sp³-hybridized carbons (Fsp3) is 0.667. The molecule has 2 N–H and O–H groups in total. The van der Waals surface area contributed by atoms with Gasteiger partial charge in [-0.3, -0.25) is 9.69 Å². The number of carbonyl (C=O) groups is 1. The van der Waals surface area contributed by atoms with E-state index in [9.17, 15) is 4.79 Å². The molecule has 2 atom stereocenters. The van der Waals surface area contributed by atoms with E-state index >= 15 is 0 Å². The topological polar surface area (TPSA) is 49.6 Å². The number of likely N-dealkylation sites (N-methyl/N-ethyl adjacent to an activating group) is 2. The highest BCUT2D eigenvalue weighted by molar-refractivity contribution is 7.10. The highest BCUT2D eigenvalue weighted by atomic mass is 32.1. The van der Waals surface area contributed by atoms with Gasteiger partial charge in [-0.25, -0.2) is 0 Å². The molecule has 0 aliphatic carbocycles. The molecule has 0 fully saturated rings. The van der Waals surface area contributed by atoms with Gasteiger partial charge in [-0.05, 0) is 36.9 Å². The van der Waals surface area contributed by atoms with Gasteiger partial charge in [-0.2, -0.15) is 0 Å². The number of rotatable bonds is 7. The van der Waals surface area contributed by atoms with Crippen LogP contribution in [-0.2, 0) is 4.79 Å². The monoisotopic (exact) mass is 297 g/mol. The molecule has 0 aliphatic rings. The highest BCUT2D eigenvalue weighted by Crippen LogP contribution is 2.31. The van der Waals surface area contributed by atoms with Crippen LogP contribution in [0, 0.1) is 6.92 Å². The van der Waals surface area contributed by atoms with E-state index in [1.165, 1.54) is 10.4 Å². The van der Waals surface area contributed by atoms with Crippen molar-refractivity contribution in [3.05, 3.63) is 21.9 Å². The third-order valence-corrected chi connectivity index (χ3v) is 4.77. The molecular formula is C15H27N3OS. The van der Waals surface area contributed by atoms with E-state index in [2.05, 4.69) is 37.1 Å². The number of nitrogens with two attached hydrogens (primary N) is 1. The molecule has 20 heavy (non-hydrogen) atoms. The van der Waals surface area contributed by atoms with Crippen LogP contribution in [0.25, 0.3) is 0 Å². The van der Waals surface area contributed by atoms with E-state index in [1.54, 1.807) is 30.3 Å². The molecule has 0 radical (unpaired) electrons. The van der Waals surface area contributed by atoms with Crippen molar-refractivity contribution in [2.45, 2.75) is 39.3 Å². The minimum absolute atomic E-state index is 0.0438. The zero-order valence-corrected chi connectivity index (χ0v) is 14.0. The first-order valence-corrected chi connectivity index (χ1v) is 8.04. The van der Waals surface area contributed by atoms with Gasteiger partial charge < -0.3 is 10.6 Å². The van der Waals surface area contributed by atoms with Gasteiger partial charge >= 0.3 is 0 Å². The second-order valence-corrected chi connectivity index (χ2v) is 6.28. The Kier molecular flexibility index (Phi) is 6.65. The molecule has 1 amide bonds. The van der Waals surface area contributed by atoms with Crippen molar-refractivity contribution >= 4 is 17.2 Å². The van der Waals surface area contributed by atoms with E-state index in [1.807, 2.05) is 0 Å². The lowest BCUT2D eigenvalue weighted by atomic mass is 10.0. The molecule has 0 aromatic carbocycles. The predicted octanol–water partition coefficient (Wildman–Crippen LogP) is 2.25. The van der Waals surface area contributed by atoms with Crippen molar-refractivity contribution in [2.24, 2.45) is 5.73 Å². The summed E-state index contributed by atoms with van der Waals surface area (Å²) < 4.78 is 0. The zero-order chi connectivity index (χ0) is 15.3. The van der Waals surface area contributed by atoms with Crippen LogP contribution in [0.2, 0.25) is 0 Å². The maximum absolute atomic E-state index is 12.0. The molecule has 1 aromatic rings. The van der Waals surface area contributed by atoms with Crippen molar-refractivity contribution in [3.63, 3.8) is 0 Å². The fourth-order valence-electron chi connectivity index (χ4n) is 2.26. The maximum atomic E-state index is 12.0. The molecule has 2 unspecified atom stereocenters. The standard InChI is InChI=1S/C15H27N3OS/c1-6-12(16)14(15-11(3)8-9-20-15)18(7-2)10-13(19)17(4)5/h8-9,12,14H,6-7,10,16H2,1-5H3. The van der Waals surface area contributed by atoms with Gasteiger partial charge in [0.15, 0.2) is 0 Å². The Morgan fingerprint density at radius 2 is 2.05 bits per heavy atom. The molecule has 0 spiro atoms. The fourth-order valence-corrected chi connectivity index (χ4v) is 3.40. The smallest absolute Gasteiger partial charge is 0.236 e. The third kappa shape index (κ3) is 4.04. The minimum atomic E-state index is 0.0438. The lowest BCUT2D eigenvalue weighted by molar-refractivity contribution is -0.130. The predicted molar refractivity (Wildman–Crippen MR) is 86.0 cm³/mol. The molecule has 0 aliphatic heterocycles. The van der Waals surface area contributed by atoms with Crippen LogP contribution in [-0.4, -0.2) is 48.9 Å². The molecule has 1 heterocycles. The summed E-state index contributed by atoms with van der Waals surface area (Å²) in [7, 11) is 3.59. The second-order valence-electron chi connectivity index (χ2n) is 5.34. The van der Waals surface area contributed by atoms with Crippen molar-refractivity contribution in [1.29, 1.82) is 0 Å². The number of hydrogen-bond donors (Lipinski definition) is 1. The van der Waals surface area contributed by atoms with Crippen LogP contribution in [0.3, 0.4) is 0 Å². The quantitative estimate of drug-likeness (QED) is 0.840. The molecular weight excluding hydrogens is 270 g/mol. The minimum Gasteiger partial charge on any atom is -0.348 e. The van der Waals surface area contributed by atoms with Gasteiger partial charge in [-0.15, -0.1) is 11.3 Å². The van der Waals surface area contributed by atoms with Crippen LogP contribution < -0.4 is 5.73 Å².